The Balaban J connectivity index is 1.42. The van der Waals surface area contributed by atoms with Crippen molar-refractivity contribution in [3.63, 3.8) is 0 Å². The van der Waals surface area contributed by atoms with Crippen LogP contribution in [0.3, 0.4) is 0 Å². The van der Waals surface area contributed by atoms with Gasteiger partial charge in [-0.1, -0.05) is 35.9 Å². The minimum absolute atomic E-state index is 0.292. The molecule has 0 N–H and O–H groups in total. The zero-order valence-corrected chi connectivity index (χ0v) is 19.1. The molecule has 0 spiro atoms. The lowest BCUT2D eigenvalue weighted by molar-refractivity contribution is -0.206. The molecule has 1 saturated heterocycles. The number of aryl methyl sites for hydroxylation is 2. The molecule has 0 aliphatic carbocycles. The van der Waals surface area contributed by atoms with Crippen LogP contribution in [0.5, 0.6) is 0 Å². The number of ether oxygens (including phenoxy) is 3. The van der Waals surface area contributed by atoms with Crippen molar-refractivity contribution >= 4 is 22.4 Å². The summed E-state index contributed by atoms with van der Waals surface area (Å²) in [6.07, 6.45) is 2.09. The molecule has 0 aromatic heterocycles. The van der Waals surface area contributed by atoms with Crippen molar-refractivity contribution in [1.29, 1.82) is 0 Å². The van der Waals surface area contributed by atoms with Gasteiger partial charge in [0.2, 0.25) is 0 Å². The molecule has 0 amide bonds. The van der Waals surface area contributed by atoms with E-state index in [4.69, 9.17) is 25.8 Å². The van der Waals surface area contributed by atoms with Crippen molar-refractivity contribution in [2.75, 3.05) is 26.9 Å². The average Bonchev–Trinajstić information content (AvgIpc) is 2.82. The van der Waals surface area contributed by atoms with E-state index in [9.17, 15) is 8.78 Å². The first-order valence-corrected chi connectivity index (χ1v) is 11.4. The van der Waals surface area contributed by atoms with Gasteiger partial charge in [0.15, 0.2) is 6.29 Å². The van der Waals surface area contributed by atoms with Gasteiger partial charge < -0.3 is 14.2 Å². The lowest BCUT2D eigenvalue weighted by Gasteiger charge is -2.29. The van der Waals surface area contributed by atoms with Gasteiger partial charge in [-0.05, 0) is 60.4 Å². The van der Waals surface area contributed by atoms with Crippen LogP contribution in [-0.4, -0.2) is 26.9 Å². The summed E-state index contributed by atoms with van der Waals surface area (Å²) in [6, 6.07) is 11.3. The molecule has 0 saturated carbocycles. The Labute approximate surface area is 196 Å². The van der Waals surface area contributed by atoms with Crippen molar-refractivity contribution in [2.24, 2.45) is 5.92 Å². The van der Waals surface area contributed by atoms with E-state index in [2.05, 4.69) is 0 Å². The summed E-state index contributed by atoms with van der Waals surface area (Å²) in [7, 11) is 1.69. The predicted molar refractivity (Wildman–Crippen MR) is 122 cm³/mol. The van der Waals surface area contributed by atoms with Crippen LogP contribution < -0.4 is 0 Å². The summed E-state index contributed by atoms with van der Waals surface area (Å²) >= 11 is 5.53. The van der Waals surface area contributed by atoms with E-state index in [1.807, 2.05) is 18.2 Å². The number of fused-ring (bicyclic) bond motifs is 1. The zero-order chi connectivity index (χ0) is 23.4. The fourth-order valence-corrected chi connectivity index (χ4v) is 4.25. The fraction of sp³-hybridized carbons (Fsp3) is 0.385. The number of benzene rings is 3. The Kier molecular flexibility index (Phi) is 7.91. The van der Waals surface area contributed by atoms with Crippen molar-refractivity contribution in [2.45, 2.75) is 32.0 Å². The van der Waals surface area contributed by atoms with Crippen LogP contribution in [-0.2, 0) is 27.1 Å². The Bertz CT molecular complexity index is 1090. The first-order valence-electron chi connectivity index (χ1n) is 11.0. The van der Waals surface area contributed by atoms with Crippen molar-refractivity contribution in [1.82, 2.24) is 0 Å². The molecule has 1 aliphatic heterocycles. The highest BCUT2D eigenvalue weighted by Gasteiger charge is 2.24. The molecule has 33 heavy (non-hydrogen) atoms. The van der Waals surface area contributed by atoms with Crippen molar-refractivity contribution in [3.8, 4) is 0 Å². The second-order valence-corrected chi connectivity index (χ2v) is 8.77. The average molecular weight is 479 g/mol. The smallest absolute Gasteiger partial charge is 0.183 e. The van der Waals surface area contributed by atoms with Gasteiger partial charge in [-0.25, -0.2) is 13.2 Å². The molecule has 176 valence electrons. The summed E-state index contributed by atoms with van der Waals surface area (Å²) in [5, 5.41) is 0.698. The topological polar surface area (TPSA) is 27.7 Å². The molecule has 3 aromatic rings. The lowest BCUT2D eigenvalue weighted by Crippen LogP contribution is -2.27. The highest BCUT2D eigenvalue weighted by atomic mass is 35.5. The van der Waals surface area contributed by atoms with Crippen LogP contribution in [0.1, 0.15) is 35.8 Å². The highest BCUT2D eigenvalue weighted by molar-refractivity contribution is 6.30. The summed E-state index contributed by atoms with van der Waals surface area (Å²) in [5.41, 5.74) is 1.75. The third-order valence-electron chi connectivity index (χ3n) is 5.98. The van der Waals surface area contributed by atoms with E-state index in [1.54, 1.807) is 19.2 Å². The highest BCUT2D eigenvalue weighted by Crippen LogP contribution is 2.31. The van der Waals surface area contributed by atoms with Crippen LogP contribution >= 0.6 is 11.6 Å². The quantitative estimate of drug-likeness (QED) is 0.264. The summed E-state index contributed by atoms with van der Waals surface area (Å²) in [5.74, 6) is -1.62. The van der Waals surface area contributed by atoms with Gasteiger partial charge in [-0.2, -0.15) is 0 Å². The number of hydrogen-bond donors (Lipinski definition) is 0. The zero-order valence-electron chi connectivity index (χ0n) is 18.4. The third-order valence-corrected chi connectivity index (χ3v) is 6.35. The summed E-state index contributed by atoms with van der Waals surface area (Å²) in [4.78, 5) is 0. The van der Waals surface area contributed by atoms with Gasteiger partial charge >= 0.3 is 0 Å². The van der Waals surface area contributed by atoms with Crippen molar-refractivity contribution in [3.05, 3.63) is 81.6 Å². The maximum absolute atomic E-state index is 15.1. The van der Waals surface area contributed by atoms with Crippen LogP contribution in [0.4, 0.5) is 13.2 Å². The molecule has 0 atom stereocenters. The minimum Gasteiger partial charge on any atom is -0.385 e. The number of methoxy groups -OCH3 is 1. The van der Waals surface area contributed by atoms with E-state index in [0.717, 1.165) is 30.4 Å². The van der Waals surface area contributed by atoms with Crippen molar-refractivity contribution < 1.29 is 27.4 Å². The molecule has 1 fully saturated rings. The van der Waals surface area contributed by atoms with Gasteiger partial charge in [0, 0.05) is 30.6 Å². The second-order valence-electron chi connectivity index (χ2n) is 8.39. The van der Waals surface area contributed by atoms with E-state index in [0.29, 0.717) is 48.5 Å². The first kappa shape index (κ1) is 24.0. The molecule has 3 nitrogen and oxygen atoms in total. The lowest BCUT2D eigenvalue weighted by atomic mass is 9.98. The number of rotatable bonds is 8. The first-order chi connectivity index (χ1) is 16.0. The Morgan fingerprint density at radius 2 is 1.70 bits per heavy atom. The maximum Gasteiger partial charge on any atom is 0.183 e. The van der Waals surface area contributed by atoms with Crippen LogP contribution in [0.25, 0.3) is 10.8 Å². The molecule has 7 heteroatoms. The van der Waals surface area contributed by atoms with Gasteiger partial charge in [0.1, 0.15) is 22.5 Å². The predicted octanol–water partition coefficient (Wildman–Crippen LogP) is 6.78. The Morgan fingerprint density at radius 3 is 2.39 bits per heavy atom. The molecule has 1 heterocycles. The normalized spacial score (nSPS) is 18.7. The van der Waals surface area contributed by atoms with Gasteiger partial charge in [-0.3, -0.25) is 0 Å². The molecule has 3 aromatic carbocycles. The molecule has 0 unspecified atom stereocenters. The number of halogens is 4. The Morgan fingerprint density at radius 1 is 0.970 bits per heavy atom. The molecule has 0 bridgehead atoms. The maximum atomic E-state index is 15.1. The SMILES string of the molecule is COCCCC1COC(c2ccc3c(F)c(CCc4cc(F)c(Cl)c(F)c4)ccc3c2)OC1. The van der Waals surface area contributed by atoms with Crippen LogP contribution in [0.15, 0.2) is 42.5 Å². The van der Waals surface area contributed by atoms with Gasteiger partial charge in [-0.15, -0.1) is 0 Å². The fourth-order valence-electron chi connectivity index (χ4n) is 4.15. The Hall–Kier alpha value is -2.12. The van der Waals surface area contributed by atoms with Crippen LogP contribution in [0.2, 0.25) is 5.02 Å². The molecular formula is C26H26ClF3O3. The van der Waals surface area contributed by atoms with E-state index < -0.39 is 22.9 Å². The third kappa shape index (κ3) is 5.69. The van der Waals surface area contributed by atoms with Crippen LogP contribution in [0, 0.1) is 23.4 Å². The molecular weight excluding hydrogens is 453 g/mol. The van der Waals surface area contributed by atoms with E-state index in [1.165, 1.54) is 12.1 Å². The molecule has 4 rings (SSSR count). The standard InChI is InChI=1S/C26H26ClF3O3/c1-31-10-2-3-17-14-32-26(33-15-17)20-8-9-21-19(13-20)7-6-18(25(21)30)5-4-16-11-22(28)24(27)23(29)12-16/h6-9,11-13,17,26H,2-5,10,14-15H2,1H3. The minimum atomic E-state index is -0.813. The van der Waals surface area contributed by atoms with Gasteiger partial charge in [0.05, 0.1) is 13.2 Å². The van der Waals surface area contributed by atoms with E-state index in [-0.39, 0.29) is 5.82 Å². The summed E-state index contributed by atoms with van der Waals surface area (Å²) in [6.45, 7) is 1.96. The second kappa shape index (κ2) is 10.9. The van der Waals surface area contributed by atoms with Gasteiger partial charge in [0.25, 0.3) is 0 Å². The molecule has 0 radical (unpaired) electrons. The number of hydrogen-bond acceptors (Lipinski definition) is 3. The monoisotopic (exact) mass is 478 g/mol. The van der Waals surface area contributed by atoms with E-state index >= 15 is 4.39 Å². The summed E-state index contributed by atoms with van der Waals surface area (Å²) < 4.78 is 59.3. The largest absolute Gasteiger partial charge is 0.385 e. The molecule has 1 aliphatic rings.